The number of ether oxygens (including phenoxy) is 9. The number of primary amides is 1. The van der Waals surface area contributed by atoms with Gasteiger partial charge in [-0.3, -0.25) is 24.0 Å². The Hall–Kier alpha value is -5.97. The van der Waals surface area contributed by atoms with E-state index in [1.807, 2.05) is 0 Å². The predicted octanol–water partition coefficient (Wildman–Crippen LogP) is -1.01. The molecule has 0 bridgehead atoms. The monoisotopic (exact) mass is 1140 g/mol. The van der Waals surface area contributed by atoms with Gasteiger partial charge in [0.15, 0.2) is 0 Å². The van der Waals surface area contributed by atoms with Crippen LogP contribution < -0.4 is 37.6 Å². The number of unbranched alkanes of at least 4 members (excludes halogenated alkanes) is 1. The zero-order chi connectivity index (χ0) is 57.8. The van der Waals surface area contributed by atoms with Gasteiger partial charge in [-0.25, -0.2) is 23.2 Å². The molecule has 1 heterocycles. The Kier molecular flexibility index (Phi) is 38.4. The zero-order valence-electron chi connectivity index (χ0n) is 45.6. The van der Waals surface area contributed by atoms with Crippen LogP contribution in [-0.4, -0.2) is 216 Å². The first-order valence-electron chi connectivity index (χ1n) is 26.0. The summed E-state index contributed by atoms with van der Waals surface area (Å²) < 4.78 is 71.9. The highest BCUT2D eigenvalue weighted by Crippen LogP contribution is 2.12. The van der Waals surface area contributed by atoms with E-state index in [2.05, 4.69) is 53.7 Å². The molecule has 2 atom stereocenters. The average Bonchev–Trinajstić information content (AvgIpc) is 3.41. The van der Waals surface area contributed by atoms with Crippen molar-refractivity contribution in [3.05, 3.63) is 47.8 Å². The SMILES string of the molecule is CC(C)C(NC(=O)COCC(=O)NCCOCCOCCOCCOCCOCCOCCOCCOCCNC(=O)CCCC#Cc1cnc(S(C)(=O)=O)nc1)C(=O)N[C@@H](CCCNC(N)=O)C(=O)Nc1ccc(CO)cc1. The third-order valence-corrected chi connectivity index (χ3v) is 11.3. The van der Waals surface area contributed by atoms with E-state index < -0.39 is 64.8 Å². The van der Waals surface area contributed by atoms with Gasteiger partial charge in [0.05, 0.1) is 118 Å². The highest BCUT2D eigenvalue weighted by molar-refractivity contribution is 7.90. The van der Waals surface area contributed by atoms with E-state index in [9.17, 15) is 42.3 Å². The van der Waals surface area contributed by atoms with E-state index in [1.165, 1.54) is 12.4 Å². The highest BCUT2D eigenvalue weighted by atomic mass is 32.2. The summed E-state index contributed by atoms with van der Waals surface area (Å²) in [6.45, 7) is 9.13. The second kappa shape index (κ2) is 43.9. The van der Waals surface area contributed by atoms with Crippen LogP contribution in [0.2, 0.25) is 0 Å². The van der Waals surface area contributed by atoms with Crippen LogP contribution in [0.4, 0.5) is 10.5 Å². The topological polar surface area (TPSA) is 364 Å². The van der Waals surface area contributed by atoms with E-state index in [4.69, 9.17) is 48.4 Å². The van der Waals surface area contributed by atoms with Crippen LogP contribution in [0.5, 0.6) is 0 Å². The fraction of sp³-hybridized carbons (Fsp3) is 0.647. The van der Waals surface area contributed by atoms with E-state index >= 15 is 0 Å². The number of aliphatic hydroxyl groups is 1. The van der Waals surface area contributed by atoms with E-state index in [0.717, 1.165) is 6.26 Å². The van der Waals surface area contributed by atoms with Crippen molar-refractivity contribution in [2.24, 2.45) is 11.7 Å². The quantitative estimate of drug-likeness (QED) is 0.0224. The molecular formula is C51H81N9O18S. The number of benzene rings is 1. The summed E-state index contributed by atoms with van der Waals surface area (Å²) in [5.41, 5.74) is 6.72. The zero-order valence-corrected chi connectivity index (χ0v) is 46.4. The molecule has 0 aliphatic heterocycles. The predicted molar refractivity (Wildman–Crippen MR) is 286 cm³/mol. The molecule has 27 nitrogen and oxygen atoms in total. The molecule has 444 valence electrons. The van der Waals surface area contributed by atoms with Gasteiger partial charge in [-0.2, -0.15) is 0 Å². The number of aromatic nitrogens is 2. The average molecular weight is 1140 g/mol. The molecule has 9 N–H and O–H groups in total. The summed E-state index contributed by atoms with van der Waals surface area (Å²) >= 11 is 0. The standard InChI is InChI=1S/C51H81N9O18S/c1-39(2)47(49(66)59-43(9-7-15-55-50(52)67)48(65)58-42-13-11-40(36-61)12-14-42)60-46(64)38-78-37-45(63)54-17-19-71-21-23-73-25-27-75-29-31-77-33-32-76-30-28-74-26-24-72-22-20-70-18-16-53-44(62)10-6-4-5-8-41-34-56-51(57-35-41)79(3,68)69/h11-14,34-35,39,43,47,61H,4,6-7,9-10,15-33,36-38H2,1-3H3,(H,53,62)(H,54,63)(H,58,65)(H,59,66)(H,60,64)(H3,52,55,67)/t43-,47?/m0/s1. The van der Waals surface area contributed by atoms with Gasteiger partial charge in [0.2, 0.25) is 44.5 Å². The summed E-state index contributed by atoms with van der Waals surface area (Å²) in [7, 11) is -3.46. The Morgan fingerprint density at radius 3 is 1.56 bits per heavy atom. The number of hydrogen-bond donors (Lipinski definition) is 8. The first kappa shape index (κ1) is 69.1. The van der Waals surface area contributed by atoms with Crippen molar-refractivity contribution < 1.29 is 84.9 Å². The summed E-state index contributed by atoms with van der Waals surface area (Å²) in [6, 6.07) is 3.70. The molecule has 7 amide bonds. The molecule has 28 heteroatoms. The number of aliphatic hydroxyl groups excluding tert-OH is 1. The minimum atomic E-state index is -3.46. The summed E-state index contributed by atoms with van der Waals surface area (Å²) in [6.07, 6.45) is 5.57. The maximum absolute atomic E-state index is 13.3. The summed E-state index contributed by atoms with van der Waals surface area (Å²) in [4.78, 5) is 82.1. The van der Waals surface area contributed by atoms with Crippen molar-refractivity contribution >= 4 is 51.1 Å². The van der Waals surface area contributed by atoms with Gasteiger partial charge in [0.25, 0.3) is 0 Å². The Balaban J connectivity index is 1.35. The Morgan fingerprint density at radius 1 is 0.608 bits per heavy atom. The number of anilines is 1. The van der Waals surface area contributed by atoms with Gasteiger partial charge in [-0.1, -0.05) is 37.8 Å². The Morgan fingerprint density at radius 2 is 1.09 bits per heavy atom. The molecule has 0 radical (unpaired) electrons. The molecule has 0 saturated carbocycles. The fourth-order valence-electron chi connectivity index (χ4n) is 6.34. The van der Waals surface area contributed by atoms with Gasteiger partial charge in [-0.05, 0) is 42.9 Å². The van der Waals surface area contributed by atoms with Crippen molar-refractivity contribution in [2.45, 2.75) is 69.8 Å². The number of nitrogens with one attached hydrogen (secondary N) is 6. The van der Waals surface area contributed by atoms with Crippen LogP contribution in [0.25, 0.3) is 0 Å². The van der Waals surface area contributed by atoms with Crippen LogP contribution in [0.3, 0.4) is 0 Å². The first-order valence-corrected chi connectivity index (χ1v) is 27.9. The largest absolute Gasteiger partial charge is 0.392 e. The van der Waals surface area contributed by atoms with Crippen molar-refractivity contribution in [1.29, 1.82) is 0 Å². The molecule has 0 saturated heterocycles. The number of rotatable bonds is 46. The normalized spacial score (nSPS) is 12.0. The second-order valence-electron chi connectivity index (χ2n) is 17.4. The van der Waals surface area contributed by atoms with Crippen LogP contribution in [0, 0.1) is 17.8 Å². The van der Waals surface area contributed by atoms with Crippen LogP contribution in [0.1, 0.15) is 57.1 Å². The Labute approximate surface area is 462 Å². The molecule has 0 aliphatic rings. The molecule has 1 unspecified atom stereocenters. The van der Waals surface area contributed by atoms with Crippen LogP contribution in [-0.2, 0) is 83.0 Å². The first-order chi connectivity index (χ1) is 38.1. The lowest BCUT2D eigenvalue weighted by Gasteiger charge is -2.25. The van der Waals surface area contributed by atoms with Crippen molar-refractivity contribution in [3.8, 4) is 11.8 Å². The molecule has 2 aromatic rings. The number of hydrogen-bond acceptors (Lipinski definition) is 20. The number of nitrogens with zero attached hydrogens (tertiary/aromatic N) is 2. The fourth-order valence-corrected chi connectivity index (χ4v) is 6.83. The van der Waals surface area contributed by atoms with Crippen molar-refractivity contribution in [1.82, 2.24) is 36.6 Å². The maximum atomic E-state index is 13.3. The molecule has 1 aromatic carbocycles. The lowest BCUT2D eigenvalue weighted by molar-refractivity contribution is -0.135. The Bertz CT molecular complexity index is 2220. The minimum absolute atomic E-state index is 0.0983. The number of sulfone groups is 1. The van der Waals surface area contributed by atoms with Gasteiger partial charge in [-0.15, -0.1) is 0 Å². The smallest absolute Gasteiger partial charge is 0.312 e. The van der Waals surface area contributed by atoms with Gasteiger partial charge < -0.3 is 85.4 Å². The summed E-state index contributed by atoms with van der Waals surface area (Å²) in [5.74, 6) is 3.02. The molecule has 79 heavy (non-hydrogen) atoms. The number of nitrogens with two attached hydrogens (primary N) is 1. The molecule has 0 fully saturated rings. The van der Waals surface area contributed by atoms with Gasteiger partial charge in [0.1, 0.15) is 25.3 Å². The molecule has 2 rings (SSSR count). The van der Waals surface area contributed by atoms with Crippen LogP contribution >= 0.6 is 0 Å². The van der Waals surface area contributed by atoms with Crippen molar-refractivity contribution in [2.75, 3.05) is 150 Å². The second-order valence-corrected chi connectivity index (χ2v) is 19.3. The minimum Gasteiger partial charge on any atom is -0.392 e. The molecule has 0 aliphatic carbocycles. The van der Waals surface area contributed by atoms with Gasteiger partial charge in [0, 0.05) is 56.8 Å². The molecular weight excluding hydrogens is 1060 g/mol. The van der Waals surface area contributed by atoms with Gasteiger partial charge >= 0.3 is 6.03 Å². The molecule has 0 spiro atoms. The van der Waals surface area contributed by atoms with E-state index in [-0.39, 0.29) is 49.7 Å². The maximum Gasteiger partial charge on any atom is 0.312 e. The number of amides is 7. The van der Waals surface area contributed by atoms with E-state index in [1.54, 1.807) is 38.1 Å². The number of carbonyl (C=O) groups is 6. The number of carbonyl (C=O) groups excluding carboxylic acids is 6. The lowest BCUT2D eigenvalue weighted by Crippen LogP contribution is -2.55. The van der Waals surface area contributed by atoms with E-state index in [0.29, 0.717) is 148 Å². The third-order valence-electron chi connectivity index (χ3n) is 10.4. The highest BCUT2D eigenvalue weighted by Gasteiger charge is 2.29. The van der Waals surface area contributed by atoms with Crippen LogP contribution in [0.15, 0.2) is 41.8 Å². The third kappa shape index (κ3) is 36.8. The number of urea groups is 1. The summed E-state index contributed by atoms with van der Waals surface area (Å²) in [5, 5.41) is 24.9. The lowest BCUT2D eigenvalue weighted by atomic mass is 10.0. The molecule has 1 aromatic heterocycles. The van der Waals surface area contributed by atoms with Crippen molar-refractivity contribution in [3.63, 3.8) is 0 Å².